The third-order valence-corrected chi connectivity index (χ3v) is 5.80. The first-order valence-corrected chi connectivity index (χ1v) is 9.96. The van der Waals surface area contributed by atoms with E-state index in [2.05, 4.69) is 20.1 Å². The van der Waals surface area contributed by atoms with Crippen molar-refractivity contribution in [3.63, 3.8) is 0 Å². The largest absolute Gasteiger partial charge is 0.394 e. The van der Waals surface area contributed by atoms with Crippen molar-refractivity contribution < 1.29 is 14.6 Å². The van der Waals surface area contributed by atoms with Crippen molar-refractivity contribution in [1.29, 1.82) is 0 Å². The second-order valence-electron chi connectivity index (χ2n) is 7.55. The van der Waals surface area contributed by atoms with Crippen LogP contribution in [0.3, 0.4) is 0 Å². The number of nitrogens with zero attached hydrogens (tertiary/aromatic N) is 5. The van der Waals surface area contributed by atoms with E-state index in [-0.39, 0.29) is 24.7 Å². The molecule has 3 aliphatic rings. The average Bonchev–Trinajstić information content (AvgIpc) is 3.18. The number of aliphatic hydroxyl groups is 1. The summed E-state index contributed by atoms with van der Waals surface area (Å²) in [6.45, 7) is 3.44. The fraction of sp³-hybridized carbons (Fsp3) is 0.450. The second-order valence-corrected chi connectivity index (χ2v) is 7.55. The van der Waals surface area contributed by atoms with E-state index in [4.69, 9.17) is 9.72 Å². The lowest BCUT2D eigenvalue weighted by atomic mass is 10.1. The monoisotopic (exact) mass is 396 g/mol. The number of ether oxygens (including phenoxy) is 1. The Hall–Kier alpha value is -2.91. The van der Waals surface area contributed by atoms with Gasteiger partial charge in [0.05, 0.1) is 49.5 Å². The molecule has 2 saturated heterocycles. The minimum atomic E-state index is -0.198. The Bertz CT molecular complexity index is 895. The van der Waals surface area contributed by atoms with Crippen LogP contribution in [0.15, 0.2) is 36.7 Å². The van der Waals surface area contributed by atoms with Crippen molar-refractivity contribution in [3.05, 3.63) is 36.7 Å². The number of hydrogen-bond acceptors (Lipinski definition) is 7. The summed E-state index contributed by atoms with van der Waals surface area (Å²) >= 11 is 0. The van der Waals surface area contributed by atoms with Crippen LogP contribution in [0.2, 0.25) is 0 Å². The number of morpholine rings is 1. The van der Waals surface area contributed by atoms with Gasteiger partial charge < -0.3 is 25.0 Å². The minimum Gasteiger partial charge on any atom is -0.394 e. The van der Waals surface area contributed by atoms with Crippen LogP contribution in [-0.4, -0.2) is 72.6 Å². The Balaban J connectivity index is 1.49. The number of anilines is 4. The maximum Gasteiger partial charge on any atom is 0.327 e. The lowest BCUT2D eigenvalue weighted by molar-refractivity contribution is 0.0723. The highest BCUT2D eigenvalue weighted by Gasteiger charge is 2.40. The van der Waals surface area contributed by atoms with Gasteiger partial charge in [-0.15, -0.1) is 0 Å². The predicted octanol–water partition coefficient (Wildman–Crippen LogP) is 1.30. The van der Waals surface area contributed by atoms with E-state index in [9.17, 15) is 9.90 Å². The van der Waals surface area contributed by atoms with Gasteiger partial charge in [-0.3, -0.25) is 9.88 Å². The predicted molar refractivity (Wildman–Crippen MR) is 110 cm³/mol. The summed E-state index contributed by atoms with van der Waals surface area (Å²) < 4.78 is 5.49. The molecule has 2 N–H and O–H groups in total. The number of nitrogens with one attached hydrogen (secondary N) is 1. The quantitative estimate of drug-likeness (QED) is 0.808. The molecule has 2 fully saturated rings. The molecule has 152 valence electrons. The van der Waals surface area contributed by atoms with Gasteiger partial charge in [0, 0.05) is 25.8 Å². The van der Waals surface area contributed by atoms with Crippen molar-refractivity contribution in [2.45, 2.75) is 18.5 Å². The SMILES string of the molecule is O=C(Nc1cccnc1)N1c2nc(N3CCOC[C@@H]3CO)ccc2N2CC[C@H]1C2. The highest BCUT2D eigenvalue weighted by molar-refractivity contribution is 6.04. The standard InChI is InChI=1S/C20H24N6O3/c27-12-16-13-29-9-8-25(16)18-4-3-17-19(23-18)26(15-5-7-24(17)11-15)20(28)22-14-2-1-6-21-10-14/h1-4,6,10,15-16,27H,5,7-9,11-13H2,(H,22,28)/t15-,16-/m0/s1. The van der Waals surface area contributed by atoms with E-state index in [0.29, 0.717) is 31.3 Å². The molecule has 0 saturated carbocycles. The molecule has 29 heavy (non-hydrogen) atoms. The molecule has 0 aromatic carbocycles. The first kappa shape index (κ1) is 18.1. The Kier molecular flexibility index (Phi) is 4.69. The van der Waals surface area contributed by atoms with E-state index in [0.717, 1.165) is 31.0 Å². The van der Waals surface area contributed by atoms with Crippen LogP contribution in [0.5, 0.6) is 0 Å². The van der Waals surface area contributed by atoms with Crippen LogP contribution in [0.1, 0.15) is 6.42 Å². The van der Waals surface area contributed by atoms with Gasteiger partial charge >= 0.3 is 6.03 Å². The summed E-state index contributed by atoms with van der Waals surface area (Å²) in [5.74, 6) is 1.42. The van der Waals surface area contributed by atoms with Gasteiger partial charge in [0.2, 0.25) is 0 Å². The summed E-state index contributed by atoms with van der Waals surface area (Å²) in [6.07, 6.45) is 4.21. The molecule has 5 rings (SSSR count). The lowest BCUT2D eigenvalue weighted by Crippen LogP contribution is -2.50. The molecular weight excluding hydrogens is 372 g/mol. The number of rotatable bonds is 3. The number of aromatic nitrogens is 2. The zero-order chi connectivity index (χ0) is 19.8. The lowest BCUT2D eigenvalue weighted by Gasteiger charge is -2.39. The molecule has 2 aromatic rings. The number of amides is 2. The van der Waals surface area contributed by atoms with Gasteiger partial charge in [0.25, 0.3) is 0 Å². The van der Waals surface area contributed by atoms with Crippen molar-refractivity contribution >= 4 is 29.0 Å². The molecule has 2 bridgehead atoms. The summed E-state index contributed by atoms with van der Waals surface area (Å²) in [5.41, 5.74) is 1.63. The van der Waals surface area contributed by atoms with Crippen LogP contribution in [0.25, 0.3) is 0 Å². The Morgan fingerprint density at radius 1 is 1.31 bits per heavy atom. The van der Waals surface area contributed by atoms with E-state index < -0.39 is 0 Å². The number of carbonyl (C=O) groups is 1. The van der Waals surface area contributed by atoms with Gasteiger partial charge in [-0.05, 0) is 30.7 Å². The van der Waals surface area contributed by atoms with Crippen LogP contribution in [-0.2, 0) is 4.74 Å². The Labute approximate surface area is 168 Å². The second kappa shape index (κ2) is 7.49. The van der Waals surface area contributed by atoms with Gasteiger partial charge in [-0.2, -0.15) is 0 Å². The van der Waals surface area contributed by atoms with Crippen LogP contribution in [0, 0.1) is 0 Å². The first-order valence-electron chi connectivity index (χ1n) is 9.96. The molecule has 2 amide bonds. The van der Waals surface area contributed by atoms with E-state index in [1.54, 1.807) is 23.4 Å². The molecule has 2 aromatic heterocycles. The molecule has 0 aliphatic carbocycles. The zero-order valence-corrected chi connectivity index (χ0v) is 16.1. The molecule has 2 atom stereocenters. The fourth-order valence-corrected chi connectivity index (χ4v) is 4.35. The number of pyridine rings is 2. The maximum absolute atomic E-state index is 13.2. The zero-order valence-electron chi connectivity index (χ0n) is 16.1. The molecule has 0 spiro atoms. The fourth-order valence-electron chi connectivity index (χ4n) is 4.35. The highest BCUT2D eigenvalue weighted by atomic mass is 16.5. The van der Waals surface area contributed by atoms with Gasteiger partial charge in [0.1, 0.15) is 5.82 Å². The van der Waals surface area contributed by atoms with Crippen molar-refractivity contribution in [2.75, 3.05) is 59.5 Å². The van der Waals surface area contributed by atoms with E-state index in [1.807, 2.05) is 18.2 Å². The highest BCUT2D eigenvalue weighted by Crippen LogP contribution is 2.40. The summed E-state index contributed by atoms with van der Waals surface area (Å²) in [4.78, 5) is 28.3. The first-order chi connectivity index (χ1) is 14.2. The van der Waals surface area contributed by atoms with Gasteiger partial charge in [-0.1, -0.05) is 0 Å². The Morgan fingerprint density at radius 3 is 3.07 bits per heavy atom. The molecule has 0 radical (unpaired) electrons. The number of aliphatic hydroxyl groups excluding tert-OH is 1. The normalized spacial score (nSPS) is 23.1. The van der Waals surface area contributed by atoms with Crippen LogP contribution < -0.4 is 20.0 Å². The van der Waals surface area contributed by atoms with E-state index >= 15 is 0 Å². The van der Waals surface area contributed by atoms with Crippen molar-refractivity contribution in [3.8, 4) is 0 Å². The van der Waals surface area contributed by atoms with Crippen molar-refractivity contribution in [1.82, 2.24) is 9.97 Å². The number of urea groups is 1. The smallest absolute Gasteiger partial charge is 0.327 e. The summed E-state index contributed by atoms with van der Waals surface area (Å²) in [5, 5.41) is 12.7. The maximum atomic E-state index is 13.2. The van der Waals surface area contributed by atoms with Crippen LogP contribution in [0.4, 0.5) is 27.8 Å². The van der Waals surface area contributed by atoms with Gasteiger partial charge in [0.15, 0.2) is 5.82 Å². The molecule has 5 heterocycles. The molecule has 9 nitrogen and oxygen atoms in total. The number of hydrogen-bond donors (Lipinski definition) is 2. The third kappa shape index (κ3) is 3.26. The Morgan fingerprint density at radius 2 is 2.24 bits per heavy atom. The van der Waals surface area contributed by atoms with E-state index in [1.165, 1.54) is 0 Å². The number of carbonyl (C=O) groups excluding carboxylic acids is 1. The van der Waals surface area contributed by atoms with Crippen LogP contribution >= 0.6 is 0 Å². The number of fused-ring (bicyclic) bond motifs is 4. The average molecular weight is 396 g/mol. The van der Waals surface area contributed by atoms with Gasteiger partial charge in [-0.25, -0.2) is 9.78 Å². The molecule has 0 unspecified atom stereocenters. The molecule has 3 aliphatic heterocycles. The molecule has 9 heteroatoms. The summed E-state index contributed by atoms with van der Waals surface area (Å²) in [7, 11) is 0. The third-order valence-electron chi connectivity index (χ3n) is 5.80. The topological polar surface area (TPSA) is 94.1 Å². The molecular formula is C20H24N6O3. The van der Waals surface area contributed by atoms with Crippen molar-refractivity contribution in [2.24, 2.45) is 0 Å². The summed E-state index contributed by atoms with van der Waals surface area (Å²) in [6, 6.07) is 7.38. The minimum absolute atomic E-state index is 0.00127.